The van der Waals surface area contributed by atoms with Crippen LogP contribution < -0.4 is 0 Å². The maximum absolute atomic E-state index is 4.00. The van der Waals surface area contributed by atoms with Gasteiger partial charge in [-0.1, -0.05) is 36.4 Å². The summed E-state index contributed by atoms with van der Waals surface area (Å²) in [6.45, 7) is 0. The van der Waals surface area contributed by atoms with Crippen LogP contribution in [0, 0.1) is 0 Å². The van der Waals surface area contributed by atoms with Crippen molar-refractivity contribution in [2.24, 2.45) is 0 Å². The molecule has 0 amide bonds. The summed E-state index contributed by atoms with van der Waals surface area (Å²) in [5.74, 6) is 0. The summed E-state index contributed by atoms with van der Waals surface area (Å²) in [6, 6.07) is 12.1. The second kappa shape index (κ2) is 12.1. The normalized spacial score (nSPS) is 8.87. The third-order valence-corrected chi connectivity index (χ3v) is 5.81. The highest BCUT2D eigenvalue weighted by Gasteiger charge is 1.94. The molecule has 5 rings (SSSR count). The molecule has 5 heterocycles. The van der Waals surface area contributed by atoms with Crippen LogP contribution >= 0.6 is 56.7 Å². The van der Waals surface area contributed by atoms with Crippen molar-refractivity contribution in [2.45, 2.75) is 0 Å². The average molecular weight is 395 g/mol. The SMILES string of the molecule is c1ccsc1.c1ccsc1.c1ccsc1.c1nc2ncsc2s1. The molecule has 0 bridgehead atoms. The van der Waals surface area contributed by atoms with Crippen LogP contribution in [0.3, 0.4) is 0 Å². The fraction of sp³-hybridized carbons (Fsp3) is 0. The molecule has 0 fully saturated rings. The highest BCUT2D eigenvalue weighted by Crippen LogP contribution is 2.19. The number of thiazole rings is 2. The Labute approximate surface area is 155 Å². The van der Waals surface area contributed by atoms with E-state index < -0.39 is 0 Å². The van der Waals surface area contributed by atoms with Gasteiger partial charge in [-0.15, -0.1) is 22.7 Å². The van der Waals surface area contributed by atoms with Crippen LogP contribution in [0.25, 0.3) is 9.66 Å². The summed E-state index contributed by atoms with van der Waals surface area (Å²) in [5.41, 5.74) is 4.52. The number of nitrogens with zero attached hydrogens (tertiary/aromatic N) is 2. The molecule has 0 radical (unpaired) electrons. The topological polar surface area (TPSA) is 25.8 Å². The van der Waals surface area contributed by atoms with Crippen LogP contribution in [0.4, 0.5) is 0 Å². The van der Waals surface area contributed by atoms with Crippen LogP contribution in [-0.2, 0) is 0 Å². The second-order valence-corrected chi connectivity index (χ2v) is 8.11. The van der Waals surface area contributed by atoms with Gasteiger partial charge >= 0.3 is 0 Å². The highest BCUT2D eigenvalue weighted by molar-refractivity contribution is 7.36. The van der Waals surface area contributed by atoms with Gasteiger partial charge in [-0.2, -0.15) is 34.0 Å². The summed E-state index contributed by atoms with van der Waals surface area (Å²) in [7, 11) is 0. The zero-order valence-corrected chi connectivity index (χ0v) is 16.1. The molecule has 23 heavy (non-hydrogen) atoms. The maximum atomic E-state index is 4.00. The van der Waals surface area contributed by atoms with E-state index in [4.69, 9.17) is 0 Å². The maximum Gasteiger partial charge on any atom is 0.181 e. The molecule has 0 N–H and O–H groups in total. The summed E-state index contributed by atoms with van der Waals surface area (Å²) in [4.78, 5) is 7.99. The predicted octanol–water partition coefficient (Wildman–Crippen LogP) is 7.00. The average Bonchev–Trinajstić information content (AvgIpc) is 3.47. The van der Waals surface area contributed by atoms with Gasteiger partial charge in [0.2, 0.25) is 0 Å². The number of thiophene rings is 3. The van der Waals surface area contributed by atoms with Crippen LogP contribution in [0.2, 0.25) is 0 Å². The van der Waals surface area contributed by atoms with Crippen LogP contribution in [0.15, 0.2) is 79.7 Å². The minimum Gasteiger partial charge on any atom is -0.224 e. The number of hydrogen-bond donors (Lipinski definition) is 0. The van der Waals surface area contributed by atoms with E-state index >= 15 is 0 Å². The third-order valence-electron chi connectivity index (χ3n) is 2.13. The molecule has 0 aliphatic carbocycles. The molecule has 0 spiro atoms. The van der Waals surface area contributed by atoms with Gasteiger partial charge in [0, 0.05) is 0 Å². The molecule has 0 atom stereocenters. The van der Waals surface area contributed by atoms with E-state index in [0.29, 0.717) is 0 Å². The van der Waals surface area contributed by atoms with Gasteiger partial charge in [0.05, 0.1) is 11.0 Å². The fourth-order valence-electron chi connectivity index (χ4n) is 1.20. The third kappa shape index (κ3) is 8.15. The van der Waals surface area contributed by atoms with Crippen LogP contribution in [-0.4, -0.2) is 9.97 Å². The van der Waals surface area contributed by atoms with Crippen molar-refractivity contribution in [3.05, 3.63) is 79.7 Å². The van der Waals surface area contributed by atoms with Gasteiger partial charge in [0.15, 0.2) is 5.65 Å². The van der Waals surface area contributed by atoms with E-state index in [9.17, 15) is 0 Å². The van der Waals surface area contributed by atoms with E-state index in [1.165, 1.54) is 4.01 Å². The van der Waals surface area contributed by atoms with Gasteiger partial charge in [0.25, 0.3) is 0 Å². The van der Waals surface area contributed by atoms with Crippen molar-refractivity contribution in [2.75, 3.05) is 0 Å². The molecule has 5 aromatic rings. The van der Waals surface area contributed by atoms with Crippen molar-refractivity contribution < 1.29 is 0 Å². The Balaban J connectivity index is 0.000000115. The van der Waals surface area contributed by atoms with Crippen molar-refractivity contribution in [3.8, 4) is 0 Å². The smallest absolute Gasteiger partial charge is 0.181 e. The van der Waals surface area contributed by atoms with E-state index in [-0.39, 0.29) is 0 Å². The standard InChI is InChI=1S/C4H2N2S2.3C4H4S/c1-5-3-4(7-1)8-2-6-3;3*1-2-4-5-3-1/h1-2H;3*1-4H. The zero-order chi connectivity index (χ0) is 16.0. The predicted molar refractivity (Wildman–Crippen MR) is 108 cm³/mol. The lowest BCUT2D eigenvalue weighted by atomic mass is 10.7. The first-order valence-electron chi connectivity index (χ1n) is 6.51. The Kier molecular flexibility index (Phi) is 9.45. The summed E-state index contributed by atoms with van der Waals surface area (Å²) < 4.78 is 1.21. The molecule has 0 aromatic carbocycles. The van der Waals surface area contributed by atoms with Crippen molar-refractivity contribution >= 4 is 66.3 Å². The lowest BCUT2D eigenvalue weighted by Crippen LogP contribution is -1.58. The van der Waals surface area contributed by atoms with Crippen molar-refractivity contribution in [1.29, 1.82) is 0 Å². The molecule has 0 aliphatic heterocycles. The minimum absolute atomic E-state index is 0.889. The summed E-state index contributed by atoms with van der Waals surface area (Å²) in [5, 5.41) is 12.2. The van der Waals surface area contributed by atoms with Gasteiger partial charge in [-0.25, -0.2) is 9.97 Å². The summed E-state index contributed by atoms with van der Waals surface area (Å²) in [6.07, 6.45) is 0. The molecular formula is C16H14N2S5. The molecule has 0 aliphatic rings. The molecule has 7 heteroatoms. The van der Waals surface area contributed by atoms with Gasteiger partial charge in [-0.05, 0) is 32.3 Å². The van der Waals surface area contributed by atoms with E-state index in [0.717, 1.165) is 5.65 Å². The van der Waals surface area contributed by atoms with E-state index in [2.05, 4.69) is 9.97 Å². The van der Waals surface area contributed by atoms with Gasteiger partial charge in [-0.3, -0.25) is 0 Å². The molecule has 118 valence electrons. The highest BCUT2D eigenvalue weighted by atomic mass is 32.2. The van der Waals surface area contributed by atoms with Crippen LogP contribution in [0.5, 0.6) is 0 Å². The molecule has 2 nitrogen and oxygen atoms in total. The molecule has 0 saturated carbocycles. The van der Waals surface area contributed by atoms with E-state index in [1.54, 1.807) is 56.7 Å². The second-order valence-electron chi connectivity index (χ2n) is 3.70. The molecule has 0 saturated heterocycles. The number of hydrogen-bond acceptors (Lipinski definition) is 7. The Morgan fingerprint density at radius 1 is 0.522 bits per heavy atom. The number of fused-ring (bicyclic) bond motifs is 1. The monoisotopic (exact) mass is 394 g/mol. The van der Waals surface area contributed by atoms with E-state index in [1.807, 2.05) is 79.7 Å². The largest absolute Gasteiger partial charge is 0.224 e. The quantitative estimate of drug-likeness (QED) is 0.283. The first-order chi connectivity index (χ1) is 11.5. The first-order valence-corrected chi connectivity index (χ1v) is 11.1. The molecule has 0 unspecified atom stereocenters. The Hall–Kier alpha value is -1.38. The molecular weight excluding hydrogens is 381 g/mol. The Morgan fingerprint density at radius 2 is 0.870 bits per heavy atom. The Morgan fingerprint density at radius 3 is 1.09 bits per heavy atom. The number of aromatic nitrogens is 2. The van der Waals surface area contributed by atoms with Crippen molar-refractivity contribution in [1.82, 2.24) is 9.97 Å². The van der Waals surface area contributed by atoms with Gasteiger partial charge < -0.3 is 0 Å². The lowest BCUT2D eigenvalue weighted by Gasteiger charge is -1.60. The van der Waals surface area contributed by atoms with Crippen molar-refractivity contribution in [3.63, 3.8) is 0 Å². The Bertz CT molecular complexity index is 618. The van der Waals surface area contributed by atoms with Gasteiger partial charge in [0.1, 0.15) is 4.01 Å². The first kappa shape index (κ1) is 18.0. The summed E-state index contributed by atoms with van der Waals surface area (Å²) >= 11 is 8.42. The molecule has 5 aromatic heterocycles. The minimum atomic E-state index is 0.889. The number of rotatable bonds is 0. The fourth-order valence-corrected chi connectivity index (χ4v) is 3.96. The van der Waals surface area contributed by atoms with Crippen LogP contribution in [0.1, 0.15) is 0 Å². The lowest BCUT2D eigenvalue weighted by molar-refractivity contribution is 1.37. The zero-order valence-electron chi connectivity index (χ0n) is 12.0.